The Kier molecular flexibility index (Phi) is 9.54. The average Bonchev–Trinajstić information content (AvgIpc) is 3.78. The average molecular weight is 530 g/mol. The van der Waals surface area contributed by atoms with Crippen molar-refractivity contribution in [3.8, 4) is 11.5 Å². The van der Waals surface area contributed by atoms with Crippen LogP contribution in [0, 0.1) is 5.92 Å². The van der Waals surface area contributed by atoms with Crippen LogP contribution in [0.5, 0.6) is 11.5 Å². The zero-order valence-corrected chi connectivity index (χ0v) is 23.3. The number of nitrogens with zero attached hydrogens (tertiary/aromatic N) is 1. The molecule has 1 fully saturated rings. The summed E-state index contributed by atoms with van der Waals surface area (Å²) >= 11 is 0. The lowest BCUT2D eigenvalue weighted by Gasteiger charge is -2.32. The third kappa shape index (κ3) is 7.55. The van der Waals surface area contributed by atoms with Gasteiger partial charge in [-0.3, -0.25) is 9.69 Å². The van der Waals surface area contributed by atoms with E-state index >= 15 is 0 Å². The van der Waals surface area contributed by atoms with Crippen molar-refractivity contribution in [1.82, 2.24) is 4.90 Å². The number of hydrogen-bond donors (Lipinski definition) is 1. The summed E-state index contributed by atoms with van der Waals surface area (Å²) in [5.41, 5.74) is 3.11. The second kappa shape index (κ2) is 13.0. The quantitative estimate of drug-likeness (QED) is 0.218. The van der Waals surface area contributed by atoms with Crippen molar-refractivity contribution in [2.75, 3.05) is 6.54 Å². The lowest BCUT2D eigenvalue weighted by molar-refractivity contribution is -0.135. The lowest BCUT2D eigenvalue weighted by Crippen LogP contribution is -2.38. The zero-order valence-electron chi connectivity index (χ0n) is 23.3. The van der Waals surface area contributed by atoms with Gasteiger partial charge in [0.15, 0.2) is 0 Å². The van der Waals surface area contributed by atoms with Gasteiger partial charge in [0.25, 0.3) is 0 Å². The first-order valence-corrected chi connectivity index (χ1v) is 13.8. The van der Waals surface area contributed by atoms with E-state index in [0.29, 0.717) is 29.1 Å². The molecule has 6 heteroatoms. The number of esters is 2. The van der Waals surface area contributed by atoms with Gasteiger partial charge in [-0.05, 0) is 101 Å². The Morgan fingerprint density at radius 1 is 0.897 bits per heavy atom. The minimum absolute atomic E-state index is 0.000621. The van der Waals surface area contributed by atoms with Crippen LogP contribution in [0.25, 0.3) is 0 Å². The van der Waals surface area contributed by atoms with E-state index in [2.05, 4.69) is 44.7 Å². The van der Waals surface area contributed by atoms with E-state index in [1.54, 1.807) is 36.4 Å². The number of rotatable bonds is 12. The number of ether oxygens (including phenoxy) is 2. The molecule has 1 unspecified atom stereocenters. The maximum Gasteiger partial charge on any atom is 0.343 e. The third-order valence-electron chi connectivity index (χ3n) is 7.26. The van der Waals surface area contributed by atoms with Crippen molar-refractivity contribution >= 4 is 11.9 Å². The topological polar surface area (TPSA) is 76.1 Å². The highest BCUT2D eigenvalue weighted by molar-refractivity contribution is 5.91. The van der Waals surface area contributed by atoms with Crippen molar-refractivity contribution in [3.63, 3.8) is 0 Å². The first kappa shape index (κ1) is 28.5. The maximum atomic E-state index is 13.2. The van der Waals surface area contributed by atoms with Gasteiger partial charge in [-0.15, -0.1) is 0 Å². The number of aliphatic hydroxyl groups is 1. The summed E-state index contributed by atoms with van der Waals surface area (Å²) in [7, 11) is 0. The van der Waals surface area contributed by atoms with Crippen molar-refractivity contribution in [2.24, 2.45) is 5.92 Å². The van der Waals surface area contributed by atoms with Gasteiger partial charge in [0.05, 0.1) is 18.1 Å². The SMILES string of the molecule is CC(C)N(CCC(c1ccccc1)c1cc(CO)ccc1OC(=O)c1ccc(OC(=O)C2CC2)cc1)C(C)C. The predicted molar refractivity (Wildman–Crippen MR) is 152 cm³/mol. The number of aliphatic hydroxyl groups excluding tert-OH is 1. The van der Waals surface area contributed by atoms with Gasteiger partial charge in [0.2, 0.25) is 0 Å². The van der Waals surface area contributed by atoms with Gasteiger partial charge in [0, 0.05) is 23.6 Å². The van der Waals surface area contributed by atoms with Gasteiger partial charge in [-0.1, -0.05) is 36.4 Å². The van der Waals surface area contributed by atoms with Crippen LogP contribution in [-0.4, -0.2) is 40.6 Å². The molecular formula is C33H39NO5. The van der Waals surface area contributed by atoms with Crippen molar-refractivity contribution < 1.29 is 24.2 Å². The van der Waals surface area contributed by atoms with Crippen LogP contribution in [0.15, 0.2) is 72.8 Å². The van der Waals surface area contributed by atoms with E-state index in [4.69, 9.17) is 9.47 Å². The molecular weight excluding hydrogens is 490 g/mol. The van der Waals surface area contributed by atoms with Crippen LogP contribution >= 0.6 is 0 Å². The lowest BCUT2D eigenvalue weighted by atomic mass is 9.86. The van der Waals surface area contributed by atoms with Gasteiger partial charge in [-0.2, -0.15) is 0 Å². The number of benzene rings is 3. The van der Waals surface area contributed by atoms with Crippen LogP contribution in [0.2, 0.25) is 0 Å². The molecule has 1 aliphatic rings. The standard InChI is InChI=1S/C33H39NO5/c1-22(2)34(23(3)4)19-18-29(25-8-6-5-7-9-25)30-20-24(21-35)10-17-31(30)39-33(37)27-13-15-28(16-14-27)38-32(36)26-11-12-26/h5-10,13-17,20,22-23,26,29,35H,11-12,18-19,21H2,1-4H3. The third-order valence-corrected chi connectivity index (χ3v) is 7.26. The molecule has 0 aliphatic heterocycles. The van der Waals surface area contributed by atoms with Gasteiger partial charge < -0.3 is 14.6 Å². The summed E-state index contributed by atoms with van der Waals surface area (Å²) in [4.78, 5) is 27.6. The molecule has 0 amide bonds. The molecule has 1 atom stereocenters. The summed E-state index contributed by atoms with van der Waals surface area (Å²) in [6.45, 7) is 9.58. The van der Waals surface area contributed by atoms with E-state index in [0.717, 1.165) is 42.5 Å². The Morgan fingerprint density at radius 2 is 1.56 bits per heavy atom. The van der Waals surface area contributed by atoms with Crippen LogP contribution in [0.3, 0.4) is 0 Å². The molecule has 4 rings (SSSR count). The molecule has 3 aromatic rings. The van der Waals surface area contributed by atoms with Crippen LogP contribution in [-0.2, 0) is 11.4 Å². The highest BCUT2D eigenvalue weighted by atomic mass is 16.5. The molecule has 3 aromatic carbocycles. The first-order valence-electron chi connectivity index (χ1n) is 13.8. The molecule has 206 valence electrons. The van der Waals surface area contributed by atoms with Crippen LogP contribution in [0.1, 0.15) is 79.9 Å². The fraction of sp³-hybridized carbons (Fsp3) is 0.394. The molecule has 1 aliphatic carbocycles. The van der Waals surface area contributed by atoms with Crippen LogP contribution in [0.4, 0.5) is 0 Å². The number of carbonyl (C=O) groups excluding carboxylic acids is 2. The summed E-state index contributed by atoms with van der Waals surface area (Å²) in [6.07, 6.45) is 2.57. The van der Waals surface area contributed by atoms with E-state index in [1.165, 1.54) is 0 Å². The fourth-order valence-electron chi connectivity index (χ4n) is 4.98. The smallest absolute Gasteiger partial charge is 0.343 e. The van der Waals surface area contributed by atoms with Crippen molar-refractivity contribution in [2.45, 2.75) is 71.6 Å². The first-order chi connectivity index (χ1) is 18.8. The molecule has 0 saturated heterocycles. The zero-order chi connectivity index (χ0) is 27.9. The Labute approximate surface area is 231 Å². The minimum Gasteiger partial charge on any atom is -0.426 e. The summed E-state index contributed by atoms with van der Waals surface area (Å²) < 4.78 is 11.3. The molecule has 6 nitrogen and oxygen atoms in total. The predicted octanol–water partition coefficient (Wildman–Crippen LogP) is 6.35. The van der Waals surface area contributed by atoms with Crippen molar-refractivity contribution in [1.29, 1.82) is 0 Å². The van der Waals surface area contributed by atoms with Crippen molar-refractivity contribution in [3.05, 3.63) is 95.1 Å². The normalized spacial score (nSPS) is 14.1. The number of carbonyl (C=O) groups is 2. The Balaban J connectivity index is 1.60. The molecule has 0 heterocycles. The molecule has 0 bridgehead atoms. The van der Waals surface area contributed by atoms with E-state index in [1.807, 2.05) is 24.3 Å². The monoisotopic (exact) mass is 529 g/mol. The molecule has 1 saturated carbocycles. The summed E-state index contributed by atoms with van der Waals surface area (Å²) in [5.74, 6) is 0.131. The van der Waals surface area contributed by atoms with Gasteiger partial charge in [0.1, 0.15) is 11.5 Å². The number of hydrogen-bond acceptors (Lipinski definition) is 6. The molecule has 0 aromatic heterocycles. The van der Waals surface area contributed by atoms with E-state index in [9.17, 15) is 14.7 Å². The summed E-state index contributed by atoms with van der Waals surface area (Å²) in [6, 6.07) is 23.0. The largest absolute Gasteiger partial charge is 0.426 e. The molecule has 39 heavy (non-hydrogen) atoms. The van der Waals surface area contributed by atoms with E-state index < -0.39 is 5.97 Å². The molecule has 1 N–H and O–H groups in total. The molecule has 0 radical (unpaired) electrons. The highest BCUT2D eigenvalue weighted by Crippen LogP contribution is 2.36. The Morgan fingerprint density at radius 3 is 2.15 bits per heavy atom. The maximum absolute atomic E-state index is 13.2. The van der Waals surface area contributed by atoms with E-state index in [-0.39, 0.29) is 24.4 Å². The molecule has 0 spiro atoms. The minimum atomic E-state index is -0.495. The fourth-order valence-corrected chi connectivity index (χ4v) is 4.98. The van der Waals surface area contributed by atoms with Gasteiger partial charge >= 0.3 is 11.9 Å². The summed E-state index contributed by atoms with van der Waals surface area (Å²) in [5, 5.41) is 9.90. The Hall–Kier alpha value is -3.48. The second-order valence-electron chi connectivity index (χ2n) is 10.8. The van der Waals surface area contributed by atoms with Gasteiger partial charge in [-0.25, -0.2) is 4.79 Å². The Bertz CT molecular complexity index is 1240. The second-order valence-corrected chi connectivity index (χ2v) is 10.8. The highest BCUT2D eigenvalue weighted by Gasteiger charge is 2.31. The van der Waals surface area contributed by atoms with Crippen LogP contribution < -0.4 is 9.47 Å².